The van der Waals surface area contributed by atoms with Crippen molar-refractivity contribution < 1.29 is 18.1 Å². The molecule has 1 aliphatic heterocycles. The third-order valence-corrected chi connectivity index (χ3v) is 6.52. The van der Waals surface area contributed by atoms with Crippen LogP contribution in [0.1, 0.15) is 12.8 Å². The number of thiazole rings is 1. The molecule has 1 amide bonds. The monoisotopic (exact) mass is 381 g/mol. The Morgan fingerprint density at radius 1 is 1.36 bits per heavy atom. The van der Waals surface area contributed by atoms with Crippen molar-refractivity contribution in [2.24, 2.45) is 5.92 Å². The molecule has 0 radical (unpaired) electrons. The Balaban J connectivity index is 1.61. The van der Waals surface area contributed by atoms with Crippen molar-refractivity contribution in [3.63, 3.8) is 0 Å². The zero-order chi connectivity index (χ0) is 18.0. The van der Waals surface area contributed by atoms with Crippen LogP contribution in [-0.4, -0.2) is 35.7 Å². The number of rotatable bonds is 5. The van der Waals surface area contributed by atoms with Crippen molar-refractivity contribution in [1.82, 2.24) is 4.98 Å². The fourth-order valence-electron chi connectivity index (χ4n) is 2.68. The van der Waals surface area contributed by atoms with Crippen LogP contribution in [0, 0.1) is 16.0 Å². The van der Waals surface area contributed by atoms with E-state index >= 15 is 0 Å². The summed E-state index contributed by atoms with van der Waals surface area (Å²) < 4.78 is 22.8. The third-order valence-electron chi connectivity index (χ3n) is 3.93. The van der Waals surface area contributed by atoms with Crippen LogP contribution in [-0.2, 0) is 14.6 Å². The molecule has 1 aromatic carbocycles. The number of nitro groups is 1. The van der Waals surface area contributed by atoms with Gasteiger partial charge >= 0.3 is 0 Å². The van der Waals surface area contributed by atoms with E-state index in [9.17, 15) is 23.3 Å². The largest absolute Gasteiger partial charge is 0.302 e. The number of carbonyl (C=O) groups excluding carboxylic acids is 1. The molecule has 10 heteroatoms. The summed E-state index contributed by atoms with van der Waals surface area (Å²) in [7, 11) is -3.00. The highest BCUT2D eigenvalue weighted by atomic mass is 32.2. The van der Waals surface area contributed by atoms with Crippen molar-refractivity contribution in [2.45, 2.75) is 12.8 Å². The molecular weight excluding hydrogens is 366 g/mol. The van der Waals surface area contributed by atoms with E-state index in [4.69, 9.17) is 0 Å². The van der Waals surface area contributed by atoms with E-state index in [1.165, 1.54) is 23.5 Å². The minimum absolute atomic E-state index is 0.000906. The molecule has 0 unspecified atom stereocenters. The number of benzene rings is 1. The van der Waals surface area contributed by atoms with Gasteiger partial charge in [0.05, 0.1) is 22.1 Å². The maximum absolute atomic E-state index is 12.0. The fraction of sp³-hybridized carbons (Fsp3) is 0.333. The predicted molar refractivity (Wildman–Crippen MR) is 94.2 cm³/mol. The molecule has 1 fully saturated rings. The first-order chi connectivity index (χ1) is 11.8. The lowest BCUT2D eigenvalue weighted by atomic mass is 10.1. The number of nitrogens with one attached hydrogen (secondary N) is 1. The van der Waals surface area contributed by atoms with Gasteiger partial charge in [0.25, 0.3) is 5.69 Å². The van der Waals surface area contributed by atoms with Gasteiger partial charge in [-0.05, 0) is 24.5 Å². The molecule has 0 aliphatic carbocycles. The van der Waals surface area contributed by atoms with Crippen molar-refractivity contribution >= 4 is 37.9 Å². The number of hydrogen-bond donors (Lipinski definition) is 1. The Hall–Kier alpha value is -2.33. The molecule has 2 heterocycles. The van der Waals surface area contributed by atoms with Crippen LogP contribution in [0.2, 0.25) is 0 Å². The maximum atomic E-state index is 12.0. The molecule has 2 aromatic rings. The number of nitrogens with zero attached hydrogens (tertiary/aromatic N) is 2. The number of amides is 1. The molecule has 3 rings (SSSR count). The zero-order valence-electron chi connectivity index (χ0n) is 13.0. The molecule has 0 saturated carbocycles. The highest BCUT2D eigenvalue weighted by Crippen LogP contribution is 2.27. The number of aromatic nitrogens is 1. The molecule has 0 spiro atoms. The Kier molecular flexibility index (Phi) is 4.82. The number of hydrogen-bond acceptors (Lipinski definition) is 7. The molecule has 1 atom stereocenters. The van der Waals surface area contributed by atoms with Crippen LogP contribution in [0.15, 0.2) is 29.6 Å². The van der Waals surface area contributed by atoms with E-state index in [1.807, 2.05) is 0 Å². The molecule has 1 N–H and O–H groups in total. The molecule has 25 heavy (non-hydrogen) atoms. The van der Waals surface area contributed by atoms with E-state index in [-0.39, 0.29) is 35.4 Å². The molecule has 8 nitrogen and oxygen atoms in total. The van der Waals surface area contributed by atoms with Gasteiger partial charge in [0, 0.05) is 29.5 Å². The van der Waals surface area contributed by atoms with Gasteiger partial charge in [-0.3, -0.25) is 14.9 Å². The van der Waals surface area contributed by atoms with E-state index < -0.39 is 14.8 Å². The minimum atomic E-state index is -3.00. The van der Waals surface area contributed by atoms with E-state index in [1.54, 1.807) is 17.5 Å². The van der Waals surface area contributed by atoms with Gasteiger partial charge in [0.1, 0.15) is 0 Å². The van der Waals surface area contributed by atoms with Crippen molar-refractivity contribution in [3.05, 3.63) is 39.8 Å². The average molecular weight is 381 g/mol. The van der Waals surface area contributed by atoms with Crippen LogP contribution in [0.4, 0.5) is 10.8 Å². The number of nitro benzene ring substituents is 1. The highest BCUT2D eigenvalue weighted by molar-refractivity contribution is 7.91. The van der Waals surface area contributed by atoms with Gasteiger partial charge in [0.15, 0.2) is 15.0 Å². The molecule has 1 aliphatic rings. The summed E-state index contributed by atoms with van der Waals surface area (Å²) in [5.74, 6) is -0.190. The first-order valence-electron chi connectivity index (χ1n) is 7.53. The quantitative estimate of drug-likeness (QED) is 0.628. The first kappa shape index (κ1) is 17.5. The van der Waals surface area contributed by atoms with Crippen LogP contribution in [0.5, 0.6) is 0 Å². The molecule has 1 saturated heterocycles. The second-order valence-corrected chi connectivity index (χ2v) is 8.95. The molecular formula is C15H15N3O5S2. The summed E-state index contributed by atoms with van der Waals surface area (Å²) in [6, 6.07) is 5.99. The Morgan fingerprint density at radius 2 is 2.08 bits per heavy atom. The molecule has 132 valence electrons. The lowest BCUT2D eigenvalue weighted by molar-refractivity contribution is -0.384. The Bertz CT molecular complexity index is 906. The summed E-state index contributed by atoms with van der Waals surface area (Å²) in [6.45, 7) is 0. The smallest absolute Gasteiger partial charge is 0.269 e. The van der Waals surface area contributed by atoms with Crippen LogP contribution in [0.3, 0.4) is 0 Å². The van der Waals surface area contributed by atoms with Crippen LogP contribution in [0.25, 0.3) is 11.3 Å². The van der Waals surface area contributed by atoms with Gasteiger partial charge in [-0.25, -0.2) is 13.4 Å². The average Bonchev–Trinajstić information content (AvgIpc) is 3.13. The van der Waals surface area contributed by atoms with Gasteiger partial charge in [-0.1, -0.05) is 0 Å². The third kappa shape index (κ3) is 4.40. The number of sulfone groups is 1. The number of anilines is 1. The first-order valence-corrected chi connectivity index (χ1v) is 10.2. The predicted octanol–water partition coefficient (Wildman–Crippen LogP) is 2.48. The fourth-order valence-corrected chi connectivity index (χ4v) is 5.28. The van der Waals surface area contributed by atoms with Gasteiger partial charge in [0.2, 0.25) is 5.91 Å². The van der Waals surface area contributed by atoms with Gasteiger partial charge in [-0.15, -0.1) is 11.3 Å². The van der Waals surface area contributed by atoms with E-state index in [0.717, 1.165) is 0 Å². The highest BCUT2D eigenvalue weighted by Gasteiger charge is 2.29. The second kappa shape index (κ2) is 6.89. The Morgan fingerprint density at radius 3 is 2.68 bits per heavy atom. The minimum Gasteiger partial charge on any atom is -0.302 e. The lowest BCUT2D eigenvalue weighted by Crippen LogP contribution is -2.17. The molecule has 0 bridgehead atoms. The van der Waals surface area contributed by atoms with E-state index in [2.05, 4.69) is 10.3 Å². The summed E-state index contributed by atoms with van der Waals surface area (Å²) >= 11 is 1.25. The standard InChI is InChI=1S/C15H15N3O5S2/c19-14(7-10-5-6-25(22,23)9-10)17-15-16-13(8-24-15)11-1-3-12(4-2-11)18(20)21/h1-4,8,10H,5-7,9H2,(H,16,17,19)/t10-/m1/s1. The van der Waals surface area contributed by atoms with Crippen molar-refractivity contribution in [1.29, 1.82) is 0 Å². The zero-order valence-corrected chi connectivity index (χ0v) is 14.7. The maximum Gasteiger partial charge on any atom is 0.269 e. The topological polar surface area (TPSA) is 119 Å². The summed E-state index contributed by atoms with van der Waals surface area (Å²) in [5.41, 5.74) is 1.32. The number of carbonyl (C=O) groups is 1. The number of non-ortho nitro benzene ring substituents is 1. The summed E-state index contributed by atoms with van der Waals surface area (Å²) in [6.07, 6.45) is 0.674. The SMILES string of the molecule is O=C(C[C@H]1CCS(=O)(=O)C1)Nc1nc(-c2ccc([N+](=O)[O-])cc2)cs1. The molecule has 1 aromatic heterocycles. The lowest BCUT2D eigenvalue weighted by Gasteiger charge is -2.06. The summed E-state index contributed by atoms with van der Waals surface area (Å²) in [5, 5.41) is 15.5. The normalized spacial score (nSPS) is 18.8. The summed E-state index contributed by atoms with van der Waals surface area (Å²) in [4.78, 5) is 26.5. The Labute approximate surface area is 148 Å². The van der Waals surface area contributed by atoms with E-state index in [0.29, 0.717) is 22.8 Å². The van der Waals surface area contributed by atoms with Gasteiger partial charge in [-0.2, -0.15) is 0 Å². The van der Waals surface area contributed by atoms with Crippen LogP contribution < -0.4 is 5.32 Å². The van der Waals surface area contributed by atoms with Crippen LogP contribution >= 0.6 is 11.3 Å². The second-order valence-electron chi connectivity index (χ2n) is 5.86. The van der Waals surface area contributed by atoms with Gasteiger partial charge < -0.3 is 5.32 Å². The van der Waals surface area contributed by atoms with Crippen molar-refractivity contribution in [3.8, 4) is 11.3 Å². The van der Waals surface area contributed by atoms with Crippen molar-refractivity contribution in [2.75, 3.05) is 16.8 Å².